The minimum absolute atomic E-state index is 0.455. The summed E-state index contributed by atoms with van der Waals surface area (Å²) in [5, 5.41) is 0. The normalized spacial score (nSPS) is 10.8. The molecule has 2 aromatic rings. The van der Waals surface area contributed by atoms with E-state index in [1.165, 1.54) is 0 Å². The molecule has 0 atom stereocenters. The number of ether oxygens (including phenoxy) is 1. The summed E-state index contributed by atoms with van der Waals surface area (Å²) in [6, 6.07) is 3.82. The fourth-order valence-corrected chi connectivity index (χ4v) is 1.56. The third kappa shape index (κ3) is 1.15. The highest BCUT2D eigenvalue weighted by Gasteiger charge is 2.09. The first-order valence-corrected chi connectivity index (χ1v) is 4.48. The lowest BCUT2D eigenvalue weighted by Gasteiger charge is -2.01. The van der Waals surface area contributed by atoms with E-state index >= 15 is 0 Å². The number of rotatable bonds is 2. The molecular formula is C10H13N3O. The Morgan fingerprint density at radius 3 is 3.00 bits per heavy atom. The smallest absolute Gasteiger partial charge is 0.180 e. The zero-order valence-electron chi connectivity index (χ0n) is 8.32. The summed E-state index contributed by atoms with van der Waals surface area (Å²) >= 11 is 0. The highest BCUT2D eigenvalue weighted by atomic mass is 16.5. The van der Waals surface area contributed by atoms with Gasteiger partial charge in [0, 0.05) is 18.4 Å². The van der Waals surface area contributed by atoms with E-state index in [1.54, 1.807) is 7.11 Å². The third-order valence-electron chi connectivity index (χ3n) is 2.36. The van der Waals surface area contributed by atoms with Crippen molar-refractivity contribution in [2.75, 3.05) is 7.11 Å². The molecule has 74 valence electrons. The Balaban J connectivity index is 2.77. The molecule has 4 nitrogen and oxygen atoms in total. The van der Waals surface area contributed by atoms with Crippen molar-refractivity contribution in [3.63, 3.8) is 0 Å². The first kappa shape index (κ1) is 9.02. The molecule has 0 aromatic carbocycles. The van der Waals surface area contributed by atoms with Crippen molar-refractivity contribution >= 4 is 5.65 Å². The fraction of sp³-hybridized carbons (Fsp3) is 0.300. The Bertz CT molecular complexity index is 462. The Morgan fingerprint density at radius 1 is 1.57 bits per heavy atom. The van der Waals surface area contributed by atoms with Gasteiger partial charge in [0.25, 0.3) is 0 Å². The van der Waals surface area contributed by atoms with Crippen LogP contribution in [0.1, 0.15) is 11.4 Å². The average Bonchev–Trinajstić information content (AvgIpc) is 2.55. The number of nitrogens with zero attached hydrogens (tertiary/aromatic N) is 2. The lowest BCUT2D eigenvalue weighted by Crippen LogP contribution is -1.98. The average molecular weight is 191 g/mol. The largest absolute Gasteiger partial charge is 0.493 e. The van der Waals surface area contributed by atoms with Crippen LogP contribution in [0.2, 0.25) is 0 Å². The maximum Gasteiger partial charge on any atom is 0.180 e. The van der Waals surface area contributed by atoms with Crippen LogP contribution in [0.15, 0.2) is 18.3 Å². The lowest BCUT2D eigenvalue weighted by molar-refractivity contribution is 0.417. The van der Waals surface area contributed by atoms with Crippen LogP contribution in [0, 0.1) is 6.92 Å². The van der Waals surface area contributed by atoms with E-state index in [0.717, 1.165) is 22.8 Å². The Hall–Kier alpha value is -1.55. The maximum atomic E-state index is 5.59. The van der Waals surface area contributed by atoms with Crippen LogP contribution < -0.4 is 10.5 Å². The molecule has 0 unspecified atom stereocenters. The van der Waals surface area contributed by atoms with Crippen LogP contribution in [0.25, 0.3) is 5.65 Å². The van der Waals surface area contributed by atoms with Crippen molar-refractivity contribution in [1.82, 2.24) is 9.38 Å². The molecule has 0 amide bonds. The quantitative estimate of drug-likeness (QED) is 0.773. The van der Waals surface area contributed by atoms with Gasteiger partial charge in [-0.25, -0.2) is 4.98 Å². The molecule has 2 N–H and O–H groups in total. The minimum Gasteiger partial charge on any atom is -0.493 e. The van der Waals surface area contributed by atoms with Gasteiger partial charge in [-0.2, -0.15) is 0 Å². The summed E-state index contributed by atoms with van der Waals surface area (Å²) < 4.78 is 7.20. The summed E-state index contributed by atoms with van der Waals surface area (Å²) in [7, 11) is 1.64. The van der Waals surface area contributed by atoms with Crippen LogP contribution in [0.3, 0.4) is 0 Å². The lowest BCUT2D eigenvalue weighted by atomic mass is 10.3. The van der Waals surface area contributed by atoms with Crippen molar-refractivity contribution < 1.29 is 4.74 Å². The first-order chi connectivity index (χ1) is 6.77. The van der Waals surface area contributed by atoms with Crippen LogP contribution in [0.4, 0.5) is 0 Å². The molecule has 0 bridgehead atoms. The number of methoxy groups -OCH3 is 1. The Labute approximate surface area is 82.3 Å². The molecule has 0 saturated heterocycles. The zero-order chi connectivity index (χ0) is 10.1. The van der Waals surface area contributed by atoms with E-state index in [4.69, 9.17) is 10.5 Å². The number of pyridine rings is 1. The standard InChI is InChI=1S/C10H13N3O/c1-7-8(6-11)12-10-9(14-2)4-3-5-13(7)10/h3-5H,6,11H2,1-2H3. The fourth-order valence-electron chi connectivity index (χ4n) is 1.56. The zero-order valence-corrected chi connectivity index (χ0v) is 8.32. The minimum atomic E-state index is 0.455. The number of hydrogen-bond donors (Lipinski definition) is 1. The number of hydrogen-bond acceptors (Lipinski definition) is 3. The summed E-state index contributed by atoms with van der Waals surface area (Å²) in [4.78, 5) is 4.41. The van der Waals surface area contributed by atoms with Gasteiger partial charge in [-0.3, -0.25) is 0 Å². The van der Waals surface area contributed by atoms with Crippen molar-refractivity contribution in [3.05, 3.63) is 29.7 Å². The van der Waals surface area contributed by atoms with Crippen molar-refractivity contribution in [2.24, 2.45) is 5.73 Å². The van der Waals surface area contributed by atoms with Crippen molar-refractivity contribution in [2.45, 2.75) is 13.5 Å². The molecular weight excluding hydrogens is 178 g/mol. The van der Waals surface area contributed by atoms with Crippen molar-refractivity contribution in [3.8, 4) is 5.75 Å². The summed E-state index contributed by atoms with van der Waals surface area (Å²) in [6.45, 7) is 2.46. The maximum absolute atomic E-state index is 5.59. The van der Waals surface area contributed by atoms with Crippen molar-refractivity contribution in [1.29, 1.82) is 0 Å². The first-order valence-electron chi connectivity index (χ1n) is 4.48. The summed E-state index contributed by atoms with van der Waals surface area (Å²) in [5.74, 6) is 0.773. The molecule has 4 heteroatoms. The van der Waals surface area contributed by atoms with Gasteiger partial charge in [0.2, 0.25) is 0 Å². The van der Waals surface area contributed by atoms with E-state index in [0.29, 0.717) is 6.54 Å². The van der Waals surface area contributed by atoms with Crippen LogP contribution in [-0.2, 0) is 6.54 Å². The second-order valence-corrected chi connectivity index (χ2v) is 3.12. The molecule has 2 heterocycles. The molecule has 0 fully saturated rings. The highest BCUT2D eigenvalue weighted by Crippen LogP contribution is 2.20. The van der Waals surface area contributed by atoms with Gasteiger partial charge in [0.1, 0.15) is 0 Å². The monoisotopic (exact) mass is 191 g/mol. The molecule has 0 aliphatic carbocycles. The van der Waals surface area contributed by atoms with Gasteiger partial charge in [0.05, 0.1) is 12.8 Å². The number of imidazole rings is 1. The summed E-state index contributed by atoms with van der Waals surface area (Å²) in [6.07, 6.45) is 1.96. The van der Waals surface area contributed by atoms with E-state index in [1.807, 2.05) is 29.7 Å². The highest BCUT2D eigenvalue weighted by molar-refractivity contribution is 5.55. The number of aromatic nitrogens is 2. The van der Waals surface area contributed by atoms with Gasteiger partial charge >= 0.3 is 0 Å². The number of fused-ring (bicyclic) bond motifs is 1. The van der Waals surface area contributed by atoms with E-state index in [2.05, 4.69) is 4.98 Å². The molecule has 0 aliphatic rings. The van der Waals surface area contributed by atoms with Gasteiger partial charge in [-0.05, 0) is 19.1 Å². The molecule has 0 radical (unpaired) electrons. The molecule has 0 saturated carbocycles. The van der Waals surface area contributed by atoms with Crippen LogP contribution >= 0.6 is 0 Å². The van der Waals surface area contributed by atoms with Gasteiger partial charge in [-0.1, -0.05) is 0 Å². The molecule has 2 aromatic heterocycles. The second kappa shape index (κ2) is 3.31. The van der Waals surface area contributed by atoms with Gasteiger partial charge in [-0.15, -0.1) is 0 Å². The van der Waals surface area contributed by atoms with Gasteiger partial charge < -0.3 is 14.9 Å². The molecule has 0 spiro atoms. The number of aryl methyl sites for hydroxylation is 1. The second-order valence-electron chi connectivity index (χ2n) is 3.12. The Morgan fingerprint density at radius 2 is 2.36 bits per heavy atom. The Kier molecular flexibility index (Phi) is 2.13. The SMILES string of the molecule is COc1cccn2c(C)c(CN)nc12. The predicted molar refractivity (Wildman–Crippen MR) is 54.4 cm³/mol. The molecule has 0 aliphatic heterocycles. The number of nitrogens with two attached hydrogens (primary N) is 1. The van der Waals surface area contributed by atoms with Gasteiger partial charge in [0.15, 0.2) is 11.4 Å². The molecule has 2 rings (SSSR count). The topological polar surface area (TPSA) is 52.5 Å². The molecule has 14 heavy (non-hydrogen) atoms. The summed E-state index contributed by atoms with van der Waals surface area (Å²) in [5.41, 5.74) is 8.40. The third-order valence-corrected chi connectivity index (χ3v) is 2.36. The van der Waals surface area contributed by atoms with E-state index < -0.39 is 0 Å². The van der Waals surface area contributed by atoms with Crippen LogP contribution in [0.5, 0.6) is 5.75 Å². The van der Waals surface area contributed by atoms with E-state index in [-0.39, 0.29) is 0 Å². The predicted octanol–water partition coefficient (Wildman–Crippen LogP) is 1.11. The van der Waals surface area contributed by atoms with E-state index in [9.17, 15) is 0 Å². The van der Waals surface area contributed by atoms with Crippen LogP contribution in [-0.4, -0.2) is 16.5 Å².